The molecule has 2 nitrogen and oxygen atoms in total. The lowest BCUT2D eigenvalue weighted by Gasteiger charge is -2.17. The molecule has 0 fully saturated rings. The molecule has 0 aliphatic rings. The molecule has 0 aliphatic carbocycles. The molecule has 1 aromatic heterocycles. The molecule has 1 heterocycles. The Bertz CT molecular complexity index is 531. The van der Waals surface area contributed by atoms with Crippen LogP contribution in [0.5, 0.6) is 0 Å². The minimum atomic E-state index is 0.0889. The summed E-state index contributed by atoms with van der Waals surface area (Å²) in [6, 6.07) is 8.08. The molecule has 0 saturated carbocycles. The molecular formula is C15H19ClN2S. The number of benzene rings is 1. The molecule has 19 heavy (non-hydrogen) atoms. The number of thiazole rings is 1. The standard InChI is InChI=1S/C15H19ClN2S/c1-4-9-17-14(12-7-5-6-8-13(12)16)15-18-10(2)11(3)19-15/h5-8,14,17H,4,9H2,1-3H3. The van der Waals surface area contributed by atoms with E-state index in [1.54, 1.807) is 11.3 Å². The van der Waals surface area contributed by atoms with Crippen molar-refractivity contribution in [3.8, 4) is 0 Å². The van der Waals surface area contributed by atoms with Crippen LogP contribution in [0.25, 0.3) is 0 Å². The Balaban J connectivity index is 2.38. The van der Waals surface area contributed by atoms with E-state index >= 15 is 0 Å². The Hall–Kier alpha value is -0.900. The quantitative estimate of drug-likeness (QED) is 0.878. The van der Waals surface area contributed by atoms with Crippen molar-refractivity contribution in [2.75, 3.05) is 6.54 Å². The van der Waals surface area contributed by atoms with Crippen molar-refractivity contribution < 1.29 is 0 Å². The van der Waals surface area contributed by atoms with E-state index in [9.17, 15) is 0 Å². The molecule has 2 aromatic rings. The van der Waals surface area contributed by atoms with Crippen LogP contribution in [-0.4, -0.2) is 11.5 Å². The van der Waals surface area contributed by atoms with Crippen molar-refractivity contribution in [3.63, 3.8) is 0 Å². The van der Waals surface area contributed by atoms with Gasteiger partial charge in [0.05, 0.1) is 11.7 Å². The Morgan fingerprint density at radius 3 is 2.63 bits per heavy atom. The fourth-order valence-electron chi connectivity index (χ4n) is 1.95. The zero-order valence-corrected chi connectivity index (χ0v) is 13.1. The van der Waals surface area contributed by atoms with Crippen LogP contribution in [0.2, 0.25) is 5.02 Å². The summed E-state index contributed by atoms with van der Waals surface area (Å²) in [6.45, 7) is 7.28. The number of halogens is 1. The number of rotatable bonds is 5. The Kier molecular flexibility index (Phi) is 4.97. The smallest absolute Gasteiger partial charge is 0.115 e. The largest absolute Gasteiger partial charge is 0.304 e. The molecule has 0 saturated heterocycles. The minimum absolute atomic E-state index is 0.0889. The molecule has 1 atom stereocenters. The van der Waals surface area contributed by atoms with Gasteiger partial charge in [0.2, 0.25) is 0 Å². The molecule has 0 amide bonds. The van der Waals surface area contributed by atoms with Gasteiger partial charge in [0.25, 0.3) is 0 Å². The van der Waals surface area contributed by atoms with E-state index in [1.807, 2.05) is 18.2 Å². The second-order valence-corrected chi connectivity index (χ2v) is 6.24. The molecule has 0 spiro atoms. The predicted molar refractivity (Wildman–Crippen MR) is 83.2 cm³/mol. The van der Waals surface area contributed by atoms with Gasteiger partial charge < -0.3 is 5.32 Å². The lowest BCUT2D eigenvalue weighted by Crippen LogP contribution is -2.23. The summed E-state index contributed by atoms with van der Waals surface area (Å²) in [7, 11) is 0. The number of nitrogens with zero attached hydrogens (tertiary/aromatic N) is 1. The molecule has 2 rings (SSSR count). The van der Waals surface area contributed by atoms with Gasteiger partial charge in [-0.3, -0.25) is 0 Å². The van der Waals surface area contributed by atoms with Gasteiger partial charge in [-0.05, 0) is 38.4 Å². The first kappa shape index (κ1) is 14.5. The van der Waals surface area contributed by atoms with Crippen LogP contribution in [0.4, 0.5) is 0 Å². The van der Waals surface area contributed by atoms with Gasteiger partial charge in [-0.1, -0.05) is 36.7 Å². The Morgan fingerprint density at radius 1 is 1.32 bits per heavy atom. The van der Waals surface area contributed by atoms with Crippen LogP contribution < -0.4 is 5.32 Å². The van der Waals surface area contributed by atoms with Gasteiger partial charge >= 0.3 is 0 Å². The van der Waals surface area contributed by atoms with Crippen LogP contribution >= 0.6 is 22.9 Å². The van der Waals surface area contributed by atoms with Gasteiger partial charge in [0.15, 0.2) is 0 Å². The van der Waals surface area contributed by atoms with Crippen LogP contribution in [0.1, 0.15) is 40.5 Å². The highest BCUT2D eigenvalue weighted by molar-refractivity contribution is 7.11. The molecule has 0 aliphatic heterocycles. The maximum atomic E-state index is 6.33. The Morgan fingerprint density at radius 2 is 2.05 bits per heavy atom. The molecule has 102 valence electrons. The fraction of sp³-hybridized carbons (Fsp3) is 0.400. The second-order valence-electron chi connectivity index (χ2n) is 4.60. The molecule has 1 unspecified atom stereocenters. The number of hydrogen-bond acceptors (Lipinski definition) is 3. The third kappa shape index (κ3) is 3.35. The number of aromatic nitrogens is 1. The van der Waals surface area contributed by atoms with Crippen LogP contribution in [0.15, 0.2) is 24.3 Å². The SMILES string of the molecule is CCCNC(c1nc(C)c(C)s1)c1ccccc1Cl. The van der Waals surface area contributed by atoms with Gasteiger partial charge in [-0.15, -0.1) is 11.3 Å². The van der Waals surface area contributed by atoms with Gasteiger partial charge in [-0.2, -0.15) is 0 Å². The van der Waals surface area contributed by atoms with E-state index in [1.165, 1.54) is 4.88 Å². The van der Waals surface area contributed by atoms with Gasteiger partial charge in [0.1, 0.15) is 5.01 Å². The minimum Gasteiger partial charge on any atom is -0.304 e. The van der Waals surface area contributed by atoms with Crippen LogP contribution in [-0.2, 0) is 0 Å². The monoisotopic (exact) mass is 294 g/mol. The number of nitrogens with one attached hydrogen (secondary N) is 1. The first-order valence-electron chi connectivity index (χ1n) is 6.55. The summed E-state index contributed by atoms with van der Waals surface area (Å²) in [5, 5.41) is 5.43. The van der Waals surface area contributed by atoms with Gasteiger partial charge in [0, 0.05) is 9.90 Å². The van der Waals surface area contributed by atoms with Crippen molar-refractivity contribution in [2.24, 2.45) is 0 Å². The van der Waals surface area contributed by atoms with E-state index in [-0.39, 0.29) is 6.04 Å². The van der Waals surface area contributed by atoms with E-state index < -0.39 is 0 Å². The van der Waals surface area contributed by atoms with Gasteiger partial charge in [-0.25, -0.2) is 4.98 Å². The summed E-state index contributed by atoms with van der Waals surface area (Å²) in [6.07, 6.45) is 1.09. The zero-order valence-electron chi connectivity index (χ0n) is 11.5. The first-order valence-corrected chi connectivity index (χ1v) is 7.74. The highest BCUT2D eigenvalue weighted by Crippen LogP contribution is 2.31. The average Bonchev–Trinajstić information content (AvgIpc) is 2.72. The molecule has 0 radical (unpaired) electrons. The van der Waals surface area contributed by atoms with Crippen molar-refractivity contribution in [1.29, 1.82) is 0 Å². The lowest BCUT2D eigenvalue weighted by atomic mass is 10.1. The fourth-order valence-corrected chi connectivity index (χ4v) is 3.21. The van der Waals surface area contributed by atoms with E-state index in [4.69, 9.17) is 11.6 Å². The maximum Gasteiger partial charge on any atom is 0.115 e. The van der Waals surface area contributed by atoms with Crippen molar-refractivity contribution in [1.82, 2.24) is 10.3 Å². The topological polar surface area (TPSA) is 24.9 Å². The van der Waals surface area contributed by atoms with Crippen molar-refractivity contribution in [2.45, 2.75) is 33.2 Å². The summed E-state index contributed by atoms with van der Waals surface area (Å²) in [5.74, 6) is 0. The number of hydrogen-bond donors (Lipinski definition) is 1. The second kappa shape index (κ2) is 6.51. The van der Waals surface area contributed by atoms with Crippen molar-refractivity contribution >= 4 is 22.9 Å². The zero-order chi connectivity index (χ0) is 13.8. The summed E-state index contributed by atoms with van der Waals surface area (Å²) in [4.78, 5) is 5.95. The predicted octanol–water partition coefficient (Wildman–Crippen LogP) is 4.50. The summed E-state index contributed by atoms with van der Waals surface area (Å²) >= 11 is 8.08. The molecular weight excluding hydrogens is 276 g/mol. The third-order valence-electron chi connectivity index (χ3n) is 3.11. The van der Waals surface area contributed by atoms with E-state index in [0.717, 1.165) is 34.3 Å². The molecule has 0 bridgehead atoms. The molecule has 1 aromatic carbocycles. The molecule has 1 N–H and O–H groups in total. The normalized spacial score (nSPS) is 12.6. The molecule has 4 heteroatoms. The average molecular weight is 295 g/mol. The highest BCUT2D eigenvalue weighted by Gasteiger charge is 2.20. The van der Waals surface area contributed by atoms with Crippen LogP contribution in [0, 0.1) is 13.8 Å². The van der Waals surface area contributed by atoms with E-state index in [2.05, 4.69) is 37.1 Å². The Labute approximate surface area is 123 Å². The maximum absolute atomic E-state index is 6.33. The number of aryl methyl sites for hydroxylation is 2. The lowest BCUT2D eigenvalue weighted by molar-refractivity contribution is 0.595. The van der Waals surface area contributed by atoms with E-state index in [0.29, 0.717) is 0 Å². The highest BCUT2D eigenvalue weighted by atomic mass is 35.5. The third-order valence-corrected chi connectivity index (χ3v) is 4.59. The van der Waals surface area contributed by atoms with Crippen LogP contribution in [0.3, 0.4) is 0 Å². The summed E-state index contributed by atoms with van der Waals surface area (Å²) in [5.41, 5.74) is 2.21. The van der Waals surface area contributed by atoms with Crippen molar-refractivity contribution in [3.05, 3.63) is 50.4 Å². The first-order chi connectivity index (χ1) is 9.13. The summed E-state index contributed by atoms with van der Waals surface area (Å²) < 4.78 is 0.